The number of alkyl carbamates (subject to hydrolysis) is 1. The van der Waals surface area contributed by atoms with Gasteiger partial charge in [0.1, 0.15) is 5.00 Å². The molecule has 1 aromatic heterocycles. The van der Waals surface area contributed by atoms with Gasteiger partial charge in [0.2, 0.25) is 0 Å². The monoisotopic (exact) mass is 452 g/mol. The predicted octanol–water partition coefficient (Wildman–Crippen LogP) is 3.39. The molecule has 30 heavy (non-hydrogen) atoms. The summed E-state index contributed by atoms with van der Waals surface area (Å²) < 4.78 is 56.5. The lowest BCUT2D eigenvalue weighted by Gasteiger charge is -2.34. The average Bonchev–Trinajstić information content (AvgIpc) is 3.04. The van der Waals surface area contributed by atoms with Gasteiger partial charge in [-0.3, -0.25) is 5.32 Å². The molecular weight excluding hydrogens is 429 g/mol. The first-order valence-corrected chi connectivity index (χ1v) is 10.1. The first kappa shape index (κ1) is 23.8. The van der Waals surface area contributed by atoms with Crippen molar-refractivity contribution in [1.82, 2.24) is 5.32 Å². The van der Waals surface area contributed by atoms with Crippen molar-refractivity contribution in [2.24, 2.45) is 0 Å². The Morgan fingerprint density at radius 2 is 1.70 bits per heavy atom. The number of halogens is 3. The minimum Gasteiger partial charge on any atom is -0.465 e. The van der Waals surface area contributed by atoms with Crippen LogP contribution in [-0.2, 0) is 31.8 Å². The maximum Gasteiger partial charge on any atom is 0.442 e. The Morgan fingerprint density at radius 3 is 2.27 bits per heavy atom. The zero-order chi connectivity index (χ0) is 22.5. The van der Waals surface area contributed by atoms with Gasteiger partial charge in [0.05, 0.1) is 25.9 Å². The van der Waals surface area contributed by atoms with Gasteiger partial charge in [-0.15, -0.1) is 11.3 Å². The van der Waals surface area contributed by atoms with Crippen LogP contribution < -0.4 is 10.6 Å². The summed E-state index contributed by atoms with van der Waals surface area (Å²) in [6.07, 6.45) is -4.16. The van der Waals surface area contributed by atoms with Crippen molar-refractivity contribution in [3.8, 4) is 0 Å². The van der Waals surface area contributed by atoms with Gasteiger partial charge in [-0.25, -0.2) is 14.4 Å². The molecule has 1 aromatic rings. The summed E-state index contributed by atoms with van der Waals surface area (Å²) >= 11 is 0.913. The molecule has 2 N–H and O–H groups in total. The molecule has 1 aliphatic carbocycles. The second kappa shape index (κ2) is 9.54. The number of alkyl halides is 3. The van der Waals surface area contributed by atoms with Gasteiger partial charge in [-0.05, 0) is 45.1 Å². The summed E-state index contributed by atoms with van der Waals surface area (Å²) in [5, 5.41) is 3.37. The lowest BCUT2D eigenvalue weighted by Crippen LogP contribution is -2.69. The van der Waals surface area contributed by atoms with Gasteiger partial charge in [-0.1, -0.05) is 0 Å². The first-order chi connectivity index (χ1) is 14.1. The second-order valence-electron chi connectivity index (χ2n) is 6.35. The second-order valence-corrected chi connectivity index (χ2v) is 7.45. The third-order valence-corrected chi connectivity index (χ3v) is 5.64. The van der Waals surface area contributed by atoms with Crippen LogP contribution in [0.4, 0.5) is 23.0 Å². The van der Waals surface area contributed by atoms with Crippen LogP contribution >= 0.6 is 11.3 Å². The van der Waals surface area contributed by atoms with E-state index in [1.807, 2.05) is 0 Å². The van der Waals surface area contributed by atoms with E-state index in [1.165, 1.54) is 13.8 Å². The lowest BCUT2D eigenvalue weighted by atomic mass is 9.95. The Morgan fingerprint density at radius 1 is 1.07 bits per heavy atom. The Kier molecular flexibility index (Phi) is 7.56. The molecule has 2 rings (SSSR count). The fourth-order valence-corrected chi connectivity index (χ4v) is 4.43. The van der Waals surface area contributed by atoms with Crippen molar-refractivity contribution in [3.63, 3.8) is 0 Å². The topological polar surface area (TPSA) is 103 Å². The molecule has 0 spiro atoms. The number of nitrogens with one attached hydrogen (secondary N) is 2. The average molecular weight is 452 g/mol. The number of aryl methyl sites for hydroxylation is 1. The Labute approximate surface area is 175 Å². The summed E-state index contributed by atoms with van der Waals surface area (Å²) in [6.45, 7) is 2.14. The molecule has 1 amide bonds. The molecule has 1 unspecified atom stereocenters. The molecular formula is C18H23F3N2O6S. The highest BCUT2D eigenvalue weighted by molar-refractivity contribution is 7.16. The largest absolute Gasteiger partial charge is 0.465 e. The summed E-state index contributed by atoms with van der Waals surface area (Å²) in [5.74, 6) is -2.62. The number of methoxy groups -OCH3 is 1. The molecule has 1 atom stereocenters. The number of esters is 2. The van der Waals surface area contributed by atoms with Crippen molar-refractivity contribution in [2.75, 3.05) is 25.6 Å². The van der Waals surface area contributed by atoms with Crippen molar-refractivity contribution in [2.45, 2.75) is 51.4 Å². The van der Waals surface area contributed by atoms with Crippen molar-refractivity contribution in [3.05, 3.63) is 16.0 Å². The van der Waals surface area contributed by atoms with Crippen molar-refractivity contribution in [1.29, 1.82) is 0 Å². The third kappa shape index (κ3) is 4.63. The molecule has 0 fully saturated rings. The van der Waals surface area contributed by atoms with Crippen molar-refractivity contribution >= 4 is 34.4 Å². The van der Waals surface area contributed by atoms with Crippen molar-refractivity contribution < 1.29 is 41.8 Å². The first-order valence-electron chi connectivity index (χ1n) is 9.31. The number of thiophene rings is 1. The summed E-state index contributed by atoms with van der Waals surface area (Å²) in [7, 11) is 1.11. The van der Waals surface area contributed by atoms with Gasteiger partial charge >= 0.3 is 29.9 Å². The number of rotatable bonds is 7. The fraction of sp³-hybridized carbons (Fsp3) is 0.611. The quantitative estimate of drug-likeness (QED) is 0.371. The van der Waals surface area contributed by atoms with Crippen LogP contribution in [0, 0.1) is 0 Å². The van der Waals surface area contributed by atoms with E-state index in [4.69, 9.17) is 4.74 Å². The number of amides is 1. The standard InChI is InChI=1S/C18H23F3N2O6S/c1-4-28-15(25)17(18(19,20)21,23-16(26)29-5-2)22-13-12(14(24)27-3)10-8-6-7-9-11(10)30-13/h22H,4-9H2,1-3H3,(H,23,26). The molecule has 0 aliphatic heterocycles. The van der Waals surface area contributed by atoms with Crippen LogP contribution in [-0.4, -0.2) is 50.2 Å². The summed E-state index contributed by atoms with van der Waals surface area (Å²) in [5.41, 5.74) is -3.16. The molecule has 168 valence electrons. The number of anilines is 1. The minimum atomic E-state index is -5.33. The number of carbonyl (C=O) groups is 3. The summed E-state index contributed by atoms with van der Waals surface area (Å²) in [6, 6.07) is 0. The third-order valence-electron chi connectivity index (χ3n) is 4.43. The van der Waals surface area contributed by atoms with E-state index in [0.29, 0.717) is 18.4 Å². The molecule has 1 heterocycles. The van der Waals surface area contributed by atoms with E-state index < -0.39 is 29.9 Å². The molecule has 0 radical (unpaired) electrons. The molecule has 12 heteroatoms. The number of fused-ring (bicyclic) bond motifs is 1. The maximum absolute atomic E-state index is 14.2. The predicted molar refractivity (Wildman–Crippen MR) is 101 cm³/mol. The zero-order valence-corrected chi connectivity index (χ0v) is 17.6. The van der Waals surface area contributed by atoms with Crippen LogP contribution in [0.25, 0.3) is 0 Å². The molecule has 8 nitrogen and oxygen atoms in total. The number of ether oxygens (including phenoxy) is 3. The van der Waals surface area contributed by atoms with Gasteiger partial charge in [0.25, 0.3) is 0 Å². The Balaban J connectivity index is 2.62. The van der Waals surface area contributed by atoms with Crippen LogP contribution in [0.5, 0.6) is 0 Å². The molecule has 0 aromatic carbocycles. The number of hydrogen-bond donors (Lipinski definition) is 2. The van der Waals surface area contributed by atoms with Gasteiger partial charge in [0, 0.05) is 4.88 Å². The van der Waals surface area contributed by atoms with E-state index in [9.17, 15) is 27.6 Å². The van der Waals surface area contributed by atoms with Gasteiger partial charge in [0.15, 0.2) is 0 Å². The highest BCUT2D eigenvalue weighted by atomic mass is 32.1. The van der Waals surface area contributed by atoms with Crippen LogP contribution in [0.15, 0.2) is 0 Å². The fourth-order valence-electron chi connectivity index (χ4n) is 3.09. The number of hydrogen-bond acceptors (Lipinski definition) is 8. The minimum absolute atomic E-state index is 0.0826. The molecule has 0 saturated carbocycles. The van der Waals surface area contributed by atoms with E-state index in [-0.39, 0.29) is 23.8 Å². The lowest BCUT2D eigenvalue weighted by molar-refractivity contribution is -0.205. The van der Waals surface area contributed by atoms with Crippen LogP contribution in [0.2, 0.25) is 0 Å². The molecule has 0 bridgehead atoms. The summed E-state index contributed by atoms with van der Waals surface area (Å²) in [4.78, 5) is 37.4. The van der Waals surface area contributed by atoms with E-state index >= 15 is 0 Å². The maximum atomic E-state index is 14.2. The van der Waals surface area contributed by atoms with Crippen LogP contribution in [0.1, 0.15) is 47.5 Å². The SMILES string of the molecule is CCOC(=O)NC(Nc1sc2c(c1C(=O)OC)CCCC2)(C(=O)OCC)C(F)(F)F. The smallest absolute Gasteiger partial charge is 0.442 e. The normalized spacial score (nSPS) is 15.4. The highest BCUT2D eigenvalue weighted by Gasteiger charge is 2.64. The Bertz CT molecular complexity index is 811. The Hall–Kier alpha value is -2.50. The van der Waals surface area contributed by atoms with Crippen LogP contribution in [0.3, 0.4) is 0 Å². The zero-order valence-electron chi connectivity index (χ0n) is 16.7. The number of carbonyl (C=O) groups excluding carboxylic acids is 3. The van der Waals surface area contributed by atoms with E-state index in [1.54, 1.807) is 5.32 Å². The van der Waals surface area contributed by atoms with Gasteiger partial charge < -0.3 is 19.5 Å². The molecule has 0 saturated heterocycles. The highest BCUT2D eigenvalue weighted by Crippen LogP contribution is 2.42. The van der Waals surface area contributed by atoms with E-state index in [2.05, 4.69) is 14.8 Å². The van der Waals surface area contributed by atoms with E-state index in [0.717, 1.165) is 36.2 Å². The van der Waals surface area contributed by atoms with Gasteiger partial charge in [-0.2, -0.15) is 13.2 Å². The molecule has 1 aliphatic rings.